The topological polar surface area (TPSA) is 41.1 Å². The van der Waals surface area contributed by atoms with E-state index in [0.29, 0.717) is 11.6 Å². The number of benzene rings is 1. The lowest BCUT2D eigenvalue weighted by molar-refractivity contribution is -0.115. The Labute approximate surface area is 114 Å². The van der Waals surface area contributed by atoms with E-state index in [-0.39, 0.29) is 5.91 Å². The first-order chi connectivity index (χ1) is 8.72. The minimum Gasteiger partial charge on any atom is -0.325 e. The second-order valence-electron chi connectivity index (χ2n) is 4.30. The Hall–Kier alpha value is -1.06. The second-order valence-corrected chi connectivity index (χ2v) is 4.73. The van der Waals surface area contributed by atoms with Gasteiger partial charge in [0.05, 0.1) is 6.54 Å². The number of unbranched alkanes of at least 4 members (excludes halogenated alkanes) is 3. The Morgan fingerprint density at radius 2 is 2.11 bits per heavy atom. The van der Waals surface area contributed by atoms with Gasteiger partial charge in [-0.15, -0.1) is 0 Å². The first kappa shape index (κ1) is 15.0. The lowest BCUT2D eigenvalue weighted by atomic mass is 10.2. The van der Waals surface area contributed by atoms with Gasteiger partial charge in [-0.05, 0) is 31.2 Å². The zero-order chi connectivity index (χ0) is 13.2. The van der Waals surface area contributed by atoms with E-state index in [2.05, 4.69) is 17.6 Å². The van der Waals surface area contributed by atoms with Crippen molar-refractivity contribution in [3.8, 4) is 0 Å². The molecule has 1 aromatic rings. The van der Waals surface area contributed by atoms with Gasteiger partial charge in [0.25, 0.3) is 0 Å². The van der Waals surface area contributed by atoms with Crippen LogP contribution in [0.3, 0.4) is 0 Å². The molecule has 0 unspecified atom stereocenters. The van der Waals surface area contributed by atoms with E-state index >= 15 is 0 Å². The van der Waals surface area contributed by atoms with Crippen LogP contribution in [-0.2, 0) is 4.79 Å². The van der Waals surface area contributed by atoms with Crippen molar-refractivity contribution >= 4 is 23.2 Å². The summed E-state index contributed by atoms with van der Waals surface area (Å²) in [6.45, 7) is 3.42. The summed E-state index contributed by atoms with van der Waals surface area (Å²) >= 11 is 5.84. The predicted molar refractivity (Wildman–Crippen MR) is 77.1 cm³/mol. The van der Waals surface area contributed by atoms with E-state index in [1.165, 1.54) is 19.3 Å². The first-order valence-corrected chi connectivity index (χ1v) is 6.86. The summed E-state index contributed by atoms with van der Waals surface area (Å²) in [7, 11) is 0. The monoisotopic (exact) mass is 268 g/mol. The highest BCUT2D eigenvalue weighted by molar-refractivity contribution is 6.30. The molecule has 0 aliphatic heterocycles. The fraction of sp³-hybridized carbons (Fsp3) is 0.500. The Balaban J connectivity index is 2.14. The van der Waals surface area contributed by atoms with Crippen molar-refractivity contribution in [2.45, 2.75) is 32.6 Å². The highest BCUT2D eigenvalue weighted by Gasteiger charge is 2.01. The van der Waals surface area contributed by atoms with E-state index in [1.807, 2.05) is 12.1 Å². The number of halogens is 1. The summed E-state index contributed by atoms with van der Waals surface area (Å²) in [6.07, 6.45) is 4.84. The standard InChI is InChI=1S/C14H21ClN2O/c1-2-3-4-5-9-16-11-14(18)17-13-8-6-7-12(15)10-13/h6-8,10,16H,2-5,9,11H2,1H3,(H,17,18). The molecule has 1 aromatic carbocycles. The molecule has 1 rings (SSSR count). The third-order valence-corrected chi connectivity index (χ3v) is 2.84. The maximum Gasteiger partial charge on any atom is 0.238 e. The number of amides is 1. The fourth-order valence-electron chi connectivity index (χ4n) is 1.65. The molecule has 0 saturated carbocycles. The minimum absolute atomic E-state index is 0.0345. The molecular formula is C14H21ClN2O. The summed E-state index contributed by atoms with van der Waals surface area (Å²) in [5.74, 6) is -0.0345. The average molecular weight is 269 g/mol. The average Bonchev–Trinajstić information content (AvgIpc) is 2.33. The Morgan fingerprint density at radius 3 is 2.83 bits per heavy atom. The van der Waals surface area contributed by atoms with Gasteiger partial charge in [-0.25, -0.2) is 0 Å². The molecule has 0 aromatic heterocycles. The Kier molecular flexibility index (Phi) is 7.46. The first-order valence-electron chi connectivity index (χ1n) is 6.48. The van der Waals surface area contributed by atoms with Crippen molar-refractivity contribution in [2.24, 2.45) is 0 Å². The van der Waals surface area contributed by atoms with E-state index in [0.717, 1.165) is 18.7 Å². The molecule has 0 radical (unpaired) electrons. The number of rotatable bonds is 8. The molecule has 0 aliphatic rings. The zero-order valence-corrected chi connectivity index (χ0v) is 11.6. The van der Waals surface area contributed by atoms with Crippen LogP contribution in [0.25, 0.3) is 0 Å². The van der Waals surface area contributed by atoms with Crippen LogP contribution >= 0.6 is 11.6 Å². The largest absolute Gasteiger partial charge is 0.325 e. The van der Waals surface area contributed by atoms with Gasteiger partial charge in [0.1, 0.15) is 0 Å². The molecule has 0 aliphatic carbocycles. The fourth-order valence-corrected chi connectivity index (χ4v) is 1.84. The third-order valence-electron chi connectivity index (χ3n) is 2.60. The quantitative estimate of drug-likeness (QED) is 0.709. The molecular weight excluding hydrogens is 248 g/mol. The van der Waals surface area contributed by atoms with Gasteiger partial charge in [-0.1, -0.05) is 43.9 Å². The summed E-state index contributed by atoms with van der Waals surface area (Å²) in [5.41, 5.74) is 0.736. The molecule has 0 heterocycles. The van der Waals surface area contributed by atoms with Gasteiger partial charge in [0, 0.05) is 10.7 Å². The summed E-state index contributed by atoms with van der Waals surface area (Å²) in [6, 6.07) is 7.16. The molecule has 3 nitrogen and oxygen atoms in total. The van der Waals surface area contributed by atoms with Gasteiger partial charge >= 0.3 is 0 Å². The van der Waals surface area contributed by atoms with Crippen molar-refractivity contribution < 1.29 is 4.79 Å². The normalized spacial score (nSPS) is 10.3. The molecule has 1 amide bonds. The highest BCUT2D eigenvalue weighted by atomic mass is 35.5. The van der Waals surface area contributed by atoms with Crippen molar-refractivity contribution in [3.05, 3.63) is 29.3 Å². The number of anilines is 1. The van der Waals surface area contributed by atoms with E-state index < -0.39 is 0 Å². The summed E-state index contributed by atoms with van der Waals surface area (Å²) < 4.78 is 0. The maximum absolute atomic E-state index is 11.6. The predicted octanol–water partition coefficient (Wildman–Crippen LogP) is 3.45. The summed E-state index contributed by atoms with van der Waals surface area (Å²) in [5, 5.41) is 6.56. The van der Waals surface area contributed by atoms with Crippen molar-refractivity contribution in [1.82, 2.24) is 5.32 Å². The number of hydrogen-bond acceptors (Lipinski definition) is 2. The summed E-state index contributed by atoms with van der Waals surface area (Å²) in [4.78, 5) is 11.6. The van der Waals surface area contributed by atoms with Crippen molar-refractivity contribution in [1.29, 1.82) is 0 Å². The molecule has 0 saturated heterocycles. The van der Waals surface area contributed by atoms with Gasteiger partial charge in [-0.2, -0.15) is 0 Å². The number of hydrogen-bond donors (Lipinski definition) is 2. The molecule has 18 heavy (non-hydrogen) atoms. The van der Waals surface area contributed by atoms with Crippen LogP contribution in [0.1, 0.15) is 32.6 Å². The van der Waals surface area contributed by atoms with Crippen molar-refractivity contribution in [2.75, 3.05) is 18.4 Å². The molecule has 0 spiro atoms. The number of carbonyl (C=O) groups excluding carboxylic acids is 1. The van der Waals surface area contributed by atoms with Crippen LogP contribution in [0, 0.1) is 0 Å². The molecule has 0 fully saturated rings. The van der Waals surface area contributed by atoms with E-state index in [1.54, 1.807) is 12.1 Å². The van der Waals surface area contributed by atoms with Crippen LogP contribution in [0.4, 0.5) is 5.69 Å². The minimum atomic E-state index is -0.0345. The van der Waals surface area contributed by atoms with Crippen LogP contribution < -0.4 is 10.6 Å². The second kappa shape index (κ2) is 8.95. The van der Waals surface area contributed by atoms with Gasteiger partial charge in [0.2, 0.25) is 5.91 Å². The number of nitrogens with one attached hydrogen (secondary N) is 2. The smallest absolute Gasteiger partial charge is 0.238 e. The molecule has 0 atom stereocenters. The molecule has 0 bridgehead atoms. The van der Waals surface area contributed by atoms with Crippen LogP contribution in [0.2, 0.25) is 5.02 Å². The van der Waals surface area contributed by atoms with Crippen molar-refractivity contribution in [3.63, 3.8) is 0 Å². The van der Waals surface area contributed by atoms with Crippen LogP contribution in [-0.4, -0.2) is 19.0 Å². The van der Waals surface area contributed by atoms with Gasteiger partial charge in [-0.3, -0.25) is 4.79 Å². The van der Waals surface area contributed by atoms with Crippen LogP contribution in [0.5, 0.6) is 0 Å². The highest BCUT2D eigenvalue weighted by Crippen LogP contribution is 2.14. The molecule has 2 N–H and O–H groups in total. The Bertz CT molecular complexity index is 369. The zero-order valence-electron chi connectivity index (χ0n) is 10.8. The van der Waals surface area contributed by atoms with E-state index in [4.69, 9.17) is 11.6 Å². The lowest BCUT2D eigenvalue weighted by Gasteiger charge is -2.06. The van der Waals surface area contributed by atoms with Gasteiger partial charge in [0.15, 0.2) is 0 Å². The van der Waals surface area contributed by atoms with Gasteiger partial charge < -0.3 is 10.6 Å². The van der Waals surface area contributed by atoms with Crippen LogP contribution in [0.15, 0.2) is 24.3 Å². The lowest BCUT2D eigenvalue weighted by Crippen LogP contribution is -2.28. The third kappa shape index (κ3) is 6.62. The maximum atomic E-state index is 11.6. The SMILES string of the molecule is CCCCCCNCC(=O)Nc1cccc(Cl)c1. The number of carbonyl (C=O) groups is 1. The molecule has 100 valence electrons. The molecule has 4 heteroatoms. The van der Waals surface area contributed by atoms with E-state index in [9.17, 15) is 4.79 Å². The Morgan fingerprint density at radius 1 is 1.28 bits per heavy atom.